The highest BCUT2D eigenvalue weighted by Crippen LogP contribution is 2.05. The maximum absolute atomic E-state index is 11.0. The van der Waals surface area contributed by atoms with Crippen molar-refractivity contribution in [3.8, 4) is 0 Å². The number of hydrogen-bond donors (Lipinski definition) is 1. The average Bonchev–Trinajstić information content (AvgIpc) is 2.26. The summed E-state index contributed by atoms with van der Waals surface area (Å²) in [6.07, 6.45) is 1.75. The monoisotopic (exact) mass is 207 g/mol. The van der Waals surface area contributed by atoms with E-state index in [4.69, 9.17) is 5.73 Å². The van der Waals surface area contributed by atoms with Gasteiger partial charge in [-0.15, -0.1) is 0 Å². The quantitative estimate of drug-likeness (QED) is 0.776. The maximum atomic E-state index is 11.0. The van der Waals surface area contributed by atoms with Crippen LogP contribution in [0, 0.1) is 0 Å². The van der Waals surface area contributed by atoms with Gasteiger partial charge in [-0.05, 0) is 25.6 Å². The SMILES string of the molecule is CCN(Cc1ccccn1)C(C)C(N)=O. The smallest absolute Gasteiger partial charge is 0.234 e. The fourth-order valence-corrected chi connectivity index (χ4v) is 1.40. The molecule has 1 aromatic rings. The van der Waals surface area contributed by atoms with Crippen LogP contribution in [-0.2, 0) is 11.3 Å². The molecule has 1 atom stereocenters. The number of hydrogen-bond acceptors (Lipinski definition) is 3. The van der Waals surface area contributed by atoms with Gasteiger partial charge >= 0.3 is 0 Å². The molecule has 1 unspecified atom stereocenters. The molecule has 2 N–H and O–H groups in total. The van der Waals surface area contributed by atoms with E-state index in [1.807, 2.05) is 36.9 Å². The van der Waals surface area contributed by atoms with E-state index in [9.17, 15) is 4.79 Å². The predicted molar refractivity (Wildman–Crippen MR) is 59.0 cm³/mol. The van der Waals surface area contributed by atoms with Crippen LogP contribution in [0.2, 0.25) is 0 Å². The highest BCUT2D eigenvalue weighted by molar-refractivity contribution is 5.79. The van der Waals surface area contributed by atoms with Crippen LogP contribution in [0.5, 0.6) is 0 Å². The summed E-state index contributed by atoms with van der Waals surface area (Å²) in [5.74, 6) is -0.298. The van der Waals surface area contributed by atoms with E-state index >= 15 is 0 Å². The van der Waals surface area contributed by atoms with Crippen molar-refractivity contribution in [2.24, 2.45) is 5.73 Å². The lowest BCUT2D eigenvalue weighted by Gasteiger charge is -2.24. The van der Waals surface area contributed by atoms with Crippen LogP contribution in [0.4, 0.5) is 0 Å². The number of rotatable bonds is 5. The van der Waals surface area contributed by atoms with Gasteiger partial charge < -0.3 is 5.73 Å². The molecule has 4 nitrogen and oxygen atoms in total. The lowest BCUT2D eigenvalue weighted by molar-refractivity contribution is -0.122. The highest BCUT2D eigenvalue weighted by atomic mass is 16.1. The molecule has 0 aliphatic heterocycles. The summed E-state index contributed by atoms with van der Waals surface area (Å²) < 4.78 is 0. The number of nitrogens with zero attached hydrogens (tertiary/aromatic N) is 2. The Hall–Kier alpha value is -1.42. The molecule has 0 aliphatic rings. The number of amides is 1. The van der Waals surface area contributed by atoms with E-state index in [0.29, 0.717) is 6.54 Å². The highest BCUT2D eigenvalue weighted by Gasteiger charge is 2.17. The van der Waals surface area contributed by atoms with Gasteiger partial charge in [-0.1, -0.05) is 13.0 Å². The van der Waals surface area contributed by atoms with Crippen molar-refractivity contribution in [1.82, 2.24) is 9.88 Å². The van der Waals surface area contributed by atoms with Crippen molar-refractivity contribution in [3.63, 3.8) is 0 Å². The average molecular weight is 207 g/mol. The molecule has 0 bridgehead atoms. The van der Waals surface area contributed by atoms with Gasteiger partial charge in [-0.25, -0.2) is 0 Å². The van der Waals surface area contributed by atoms with Gasteiger partial charge in [0.25, 0.3) is 0 Å². The molecule has 82 valence electrons. The summed E-state index contributed by atoms with van der Waals surface area (Å²) in [6, 6.07) is 5.50. The van der Waals surface area contributed by atoms with Crippen LogP contribution < -0.4 is 5.73 Å². The number of primary amides is 1. The van der Waals surface area contributed by atoms with Crippen LogP contribution in [0.25, 0.3) is 0 Å². The van der Waals surface area contributed by atoms with E-state index < -0.39 is 0 Å². The standard InChI is InChI=1S/C11H17N3O/c1-3-14(9(2)11(12)15)8-10-6-4-5-7-13-10/h4-7,9H,3,8H2,1-2H3,(H2,12,15). The zero-order valence-electron chi connectivity index (χ0n) is 9.18. The van der Waals surface area contributed by atoms with Crippen LogP contribution >= 0.6 is 0 Å². The van der Waals surface area contributed by atoms with Gasteiger partial charge in [0.2, 0.25) is 5.91 Å². The Bertz CT molecular complexity index is 313. The van der Waals surface area contributed by atoms with E-state index in [0.717, 1.165) is 12.2 Å². The lowest BCUT2D eigenvalue weighted by Crippen LogP contribution is -2.42. The Labute approximate surface area is 90.1 Å². The van der Waals surface area contributed by atoms with Crippen LogP contribution in [-0.4, -0.2) is 28.4 Å². The number of carbonyl (C=O) groups is 1. The van der Waals surface area contributed by atoms with Gasteiger partial charge in [0, 0.05) is 12.7 Å². The first-order valence-corrected chi connectivity index (χ1v) is 5.08. The minimum absolute atomic E-state index is 0.253. The Balaban J connectivity index is 2.66. The molecule has 0 saturated heterocycles. The second kappa shape index (κ2) is 5.46. The first-order valence-electron chi connectivity index (χ1n) is 5.08. The first kappa shape index (κ1) is 11.7. The van der Waals surface area contributed by atoms with Gasteiger partial charge in [-0.3, -0.25) is 14.7 Å². The summed E-state index contributed by atoms with van der Waals surface area (Å²) in [5, 5.41) is 0. The van der Waals surface area contributed by atoms with E-state index in [1.165, 1.54) is 0 Å². The summed E-state index contributed by atoms with van der Waals surface area (Å²) in [5.41, 5.74) is 6.22. The minimum atomic E-state index is -0.298. The largest absolute Gasteiger partial charge is 0.368 e. The minimum Gasteiger partial charge on any atom is -0.368 e. The zero-order chi connectivity index (χ0) is 11.3. The molecule has 0 saturated carbocycles. The van der Waals surface area contributed by atoms with Crippen molar-refractivity contribution in [2.45, 2.75) is 26.4 Å². The van der Waals surface area contributed by atoms with E-state index in [2.05, 4.69) is 4.98 Å². The van der Waals surface area contributed by atoms with Crippen molar-refractivity contribution in [2.75, 3.05) is 6.54 Å². The Kier molecular flexibility index (Phi) is 4.24. The zero-order valence-corrected chi connectivity index (χ0v) is 9.18. The Morgan fingerprint density at radius 1 is 1.60 bits per heavy atom. The fourth-order valence-electron chi connectivity index (χ4n) is 1.40. The second-order valence-electron chi connectivity index (χ2n) is 3.46. The Morgan fingerprint density at radius 3 is 2.80 bits per heavy atom. The number of carbonyl (C=O) groups excluding carboxylic acids is 1. The molecular weight excluding hydrogens is 190 g/mol. The molecule has 0 aliphatic carbocycles. The van der Waals surface area contributed by atoms with Gasteiger partial charge in [0.1, 0.15) is 0 Å². The first-order chi connectivity index (χ1) is 7.15. The third kappa shape index (κ3) is 3.32. The number of nitrogens with two attached hydrogens (primary N) is 1. The molecule has 0 spiro atoms. The summed E-state index contributed by atoms with van der Waals surface area (Å²) in [4.78, 5) is 17.3. The summed E-state index contributed by atoms with van der Waals surface area (Å²) >= 11 is 0. The van der Waals surface area contributed by atoms with Crippen LogP contribution in [0.15, 0.2) is 24.4 Å². The van der Waals surface area contributed by atoms with Crippen molar-refractivity contribution < 1.29 is 4.79 Å². The van der Waals surface area contributed by atoms with Crippen molar-refractivity contribution in [3.05, 3.63) is 30.1 Å². The normalized spacial score (nSPS) is 12.7. The topological polar surface area (TPSA) is 59.2 Å². The molecule has 4 heteroatoms. The molecule has 15 heavy (non-hydrogen) atoms. The van der Waals surface area contributed by atoms with Crippen LogP contribution in [0.3, 0.4) is 0 Å². The number of pyridine rings is 1. The van der Waals surface area contributed by atoms with E-state index in [1.54, 1.807) is 6.20 Å². The molecule has 1 rings (SSSR count). The Morgan fingerprint density at radius 2 is 2.33 bits per heavy atom. The molecule has 0 aromatic carbocycles. The van der Waals surface area contributed by atoms with Crippen molar-refractivity contribution >= 4 is 5.91 Å². The predicted octanol–water partition coefficient (Wildman–Crippen LogP) is 0.777. The molecule has 1 aromatic heterocycles. The molecule has 0 radical (unpaired) electrons. The third-order valence-corrected chi connectivity index (χ3v) is 2.46. The number of aromatic nitrogens is 1. The number of likely N-dealkylation sites (N-methyl/N-ethyl adjacent to an activating group) is 1. The molecule has 1 heterocycles. The lowest BCUT2D eigenvalue weighted by atomic mass is 10.2. The summed E-state index contributed by atoms with van der Waals surface area (Å²) in [7, 11) is 0. The van der Waals surface area contributed by atoms with Crippen LogP contribution in [0.1, 0.15) is 19.5 Å². The van der Waals surface area contributed by atoms with Gasteiger partial charge in [0.15, 0.2) is 0 Å². The molecule has 0 fully saturated rings. The van der Waals surface area contributed by atoms with E-state index in [-0.39, 0.29) is 11.9 Å². The van der Waals surface area contributed by atoms with Gasteiger partial charge in [0.05, 0.1) is 11.7 Å². The van der Waals surface area contributed by atoms with Gasteiger partial charge in [-0.2, -0.15) is 0 Å². The fraction of sp³-hybridized carbons (Fsp3) is 0.455. The second-order valence-corrected chi connectivity index (χ2v) is 3.46. The third-order valence-electron chi connectivity index (χ3n) is 2.46. The molecular formula is C11H17N3O. The van der Waals surface area contributed by atoms with Crippen molar-refractivity contribution in [1.29, 1.82) is 0 Å². The maximum Gasteiger partial charge on any atom is 0.234 e. The molecule has 1 amide bonds. The summed E-state index contributed by atoms with van der Waals surface area (Å²) in [6.45, 7) is 5.25.